The molecule has 1 aliphatic carbocycles. The fourth-order valence-electron chi connectivity index (χ4n) is 3.19. The second kappa shape index (κ2) is 7.52. The summed E-state index contributed by atoms with van der Waals surface area (Å²) in [5.41, 5.74) is 4.67. The molecule has 0 heterocycles. The number of hydrogen-bond acceptors (Lipinski definition) is 1. The second-order valence-corrected chi connectivity index (χ2v) is 6.50. The molecule has 2 aromatic rings. The highest BCUT2D eigenvalue weighted by Gasteiger charge is 2.33. The average Bonchev–Trinajstić information content (AvgIpc) is 2.59. The van der Waals surface area contributed by atoms with Gasteiger partial charge in [-0.25, -0.2) is 4.39 Å². The van der Waals surface area contributed by atoms with Crippen LogP contribution in [0.5, 0.6) is 5.75 Å². The summed E-state index contributed by atoms with van der Waals surface area (Å²) in [7, 11) is 0. The summed E-state index contributed by atoms with van der Waals surface area (Å²) in [6.45, 7) is 2.16. The van der Waals surface area contributed by atoms with Crippen LogP contribution in [-0.4, -0.2) is 6.36 Å². The van der Waals surface area contributed by atoms with Crippen molar-refractivity contribution in [1.82, 2.24) is 0 Å². The molecule has 0 fully saturated rings. The van der Waals surface area contributed by atoms with Gasteiger partial charge in [0.2, 0.25) is 0 Å². The normalized spacial score (nSPS) is 14.0. The van der Waals surface area contributed by atoms with E-state index in [0.29, 0.717) is 24.0 Å². The maximum Gasteiger partial charge on any atom is 0.573 e. The Morgan fingerprint density at radius 3 is 2.42 bits per heavy atom. The van der Waals surface area contributed by atoms with E-state index in [1.807, 2.05) is 6.08 Å². The smallest absolute Gasteiger partial charge is 0.403 e. The summed E-state index contributed by atoms with van der Waals surface area (Å²) >= 11 is 0. The van der Waals surface area contributed by atoms with Gasteiger partial charge in [-0.05, 0) is 65.6 Å². The minimum Gasteiger partial charge on any atom is -0.403 e. The number of rotatable bonds is 5. The molecule has 3 rings (SSSR count). The van der Waals surface area contributed by atoms with Crippen molar-refractivity contribution in [3.8, 4) is 5.75 Å². The Bertz CT molecular complexity index is 804. The van der Waals surface area contributed by atoms with Crippen LogP contribution in [0, 0.1) is 5.82 Å². The van der Waals surface area contributed by atoms with Crippen molar-refractivity contribution in [2.75, 3.05) is 0 Å². The molecule has 0 saturated heterocycles. The Kier molecular flexibility index (Phi) is 5.35. The molecule has 1 nitrogen and oxygen atoms in total. The number of halogens is 4. The quantitative estimate of drug-likeness (QED) is 0.546. The van der Waals surface area contributed by atoms with Gasteiger partial charge in [-0.2, -0.15) is 0 Å². The zero-order valence-electron chi connectivity index (χ0n) is 14.5. The summed E-state index contributed by atoms with van der Waals surface area (Å²) in [6, 6.07) is 10.6. The molecule has 0 N–H and O–H groups in total. The number of allylic oxidation sites excluding steroid dienone is 1. The summed E-state index contributed by atoms with van der Waals surface area (Å²) < 4.78 is 54.8. The highest BCUT2D eigenvalue weighted by Crippen LogP contribution is 2.35. The van der Waals surface area contributed by atoms with Crippen molar-refractivity contribution in [1.29, 1.82) is 0 Å². The topological polar surface area (TPSA) is 9.23 Å². The molecule has 0 amide bonds. The Labute approximate surface area is 150 Å². The molecule has 0 aromatic heterocycles. The van der Waals surface area contributed by atoms with Crippen molar-refractivity contribution in [3.05, 3.63) is 64.5 Å². The summed E-state index contributed by atoms with van der Waals surface area (Å²) in [4.78, 5) is 0. The first-order valence-electron chi connectivity index (χ1n) is 8.74. The van der Waals surface area contributed by atoms with Crippen LogP contribution in [0.15, 0.2) is 36.4 Å². The third-order valence-electron chi connectivity index (χ3n) is 4.56. The molecule has 0 spiro atoms. The largest absolute Gasteiger partial charge is 0.573 e. The molecule has 0 radical (unpaired) electrons. The number of ether oxygens (including phenoxy) is 1. The van der Waals surface area contributed by atoms with Crippen LogP contribution in [0.25, 0.3) is 11.6 Å². The van der Waals surface area contributed by atoms with E-state index in [2.05, 4.69) is 35.9 Å². The van der Waals surface area contributed by atoms with Crippen LogP contribution in [0.3, 0.4) is 0 Å². The molecule has 26 heavy (non-hydrogen) atoms. The minimum atomic E-state index is -4.90. The maximum absolute atomic E-state index is 14.0. The number of benzene rings is 2. The van der Waals surface area contributed by atoms with Gasteiger partial charge < -0.3 is 4.74 Å². The molecule has 0 bridgehead atoms. The molecule has 0 unspecified atom stereocenters. The molecule has 1 aliphatic rings. The van der Waals surface area contributed by atoms with Crippen LogP contribution in [0.4, 0.5) is 17.6 Å². The monoisotopic (exact) mass is 364 g/mol. The van der Waals surface area contributed by atoms with Gasteiger partial charge in [0.15, 0.2) is 11.6 Å². The van der Waals surface area contributed by atoms with Gasteiger partial charge >= 0.3 is 6.36 Å². The van der Waals surface area contributed by atoms with E-state index in [0.717, 1.165) is 42.5 Å². The fourth-order valence-corrected chi connectivity index (χ4v) is 3.19. The third kappa shape index (κ3) is 4.45. The standard InChI is InChI=1S/C21H20F4O/c1-2-3-4-14-5-7-15(8-6-14)16-9-10-17-13-20(26-21(23,24)25)19(22)12-18(17)11-16/h5-8,11-13H,2-4,9-10H2,1H3. The van der Waals surface area contributed by atoms with Crippen molar-refractivity contribution >= 4 is 11.6 Å². The molecular weight excluding hydrogens is 344 g/mol. The summed E-state index contributed by atoms with van der Waals surface area (Å²) in [5.74, 6) is -1.78. The Morgan fingerprint density at radius 2 is 1.77 bits per heavy atom. The van der Waals surface area contributed by atoms with E-state index in [1.54, 1.807) is 0 Å². The lowest BCUT2D eigenvalue weighted by molar-refractivity contribution is -0.275. The molecular formula is C21H20F4O. The molecule has 0 atom stereocenters. The Morgan fingerprint density at radius 1 is 1.04 bits per heavy atom. The summed E-state index contributed by atoms with van der Waals surface area (Å²) in [5, 5.41) is 0. The van der Waals surface area contributed by atoms with Gasteiger partial charge in [-0.1, -0.05) is 43.7 Å². The SMILES string of the molecule is CCCCc1ccc(C2=Cc3cc(F)c(OC(F)(F)F)cc3CC2)cc1. The van der Waals surface area contributed by atoms with Crippen molar-refractivity contribution in [3.63, 3.8) is 0 Å². The van der Waals surface area contributed by atoms with Crippen molar-refractivity contribution in [2.24, 2.45) is 0 Å². The average molecular weight is 364 g/mol. The van der Waals surface area contributed by atoms with Crippen molar-refractivity contribution < 1.29 is 22.3 Å². The lowest BCUT2D eigenvalue weighted by Gasteiger charge is -2.19. The van der Waals surface area contributed by atoms with Gasteiger partial charge in [0.1, 0.15) is 0 Å². The van der Waals surface area contributed by atoms with Gasteiger partial charge in [-0.3, -0.25) is 0 Å². The highest BCUT2D eigenvalue weighted by atomic mass is 19.4. The van der Waals surface area contributed by atoms with Gasteiger partial charge in [0, 0.05) is 0 Å². The molecule has 0 saturated carbocycles. The minimum absolute atomic E-state index is 0.549. The fraction of sp³-hybridized carbons (Fsp3) is 0.333. The molecule has 0 aliphatic heterocycles. The highest BCUT2D eigenvalue weighted by molar-refractivity contribution is 5.84. The second-order valence-electron chi connectivity index (χ2n) is 6.50. The Balaban J connectivity index is 1.83. The van der Waals surface area contributed by atoms with E-state index in [-0.39, 0.29) is 0 Å². The Hall–Kier alpha value is -2.30. The van der Waals surface area contributed by atoms with Gasteiger partial charge in [0.05, 0.1) is 0 Å². The third-order valence-corrected chi connectivity index (χ3v) is 4.56. The van der Waals surface area contributed by atoms with E-state index in [1.165, 1.54) is 5.56 Å². The number of alkyl halides is 3. The van der Waals surface area contributed by atoms with E-state index < -0.39 is 17.9 Å². The van der Waals surface area contributed by atoms with Gasteiger partial charge in [-0.15, -0.1) is 13.2 Å². The van der Waals surface area contributed by atoms with Crippen LogP contribution < -0.4 is 4.74 Å². The zero-order chi connectivity index (χ0) is 18.7. The number of aryl methyl sites for hydroxylation is 2. The molecule has 138 valence electrons. The number of fused-ring (bicyclic) bond motifs is 1. The zero-order valence-corrected chi connectivity index (χ0v) is 14.5. The first-order valence-corrected chi connectivity index (χ1v) is 8.74. The first-order chi connectivity index (χ1) is 12.4. The van der Waals surface area contributed by atoms with E-state index in [9.17, 15) is 17.6 Å². The van der Waals surface area contributed by atoms with E-state index >= 15 is 0 Å². The molecule has 5 heteroatoms. The predicted molar refractivity (Wildman–Crippen MR) is 94.3 cm³/mol. The van der Waals surface area contributed by atoms with Crippen LogP contribution in [0.1, 0.15) is 48.4 Å². The number of hydrogen-bond donors (Lipinski definition) is 0. The predicted octanol–water partition coefficient (Wildman–Crippen LogP) is 6.55. The van der Waals surface area contributed by atoms with Gasteiger partial charge in [0.25, 0.3) is 0 Å². The van der Waals surface area contributed by atoms with Crippen LogP contribution in [-0.2, 0) is 12.8 Å². The van der Waals surface area contributed by atoms with E-state index in [4.69, 9.17) is 0 Å². The number of unbranched alkanes of at least 4 members (excludes halogenated alkanes) is 1. The van der Waals surface area contributed by atoms with Crippen LogP contribution in [0.2, 0.25) is 0 Å². The van der Waals surface area contributed by atoms with Crippen molar-refractivity contribution in [2.45, 2.75) is 45.4 Å². The van der Waals surface area contributed by atoms with Crippen LogP contribution >= 0.6 is 0 Å². The lowest BCUT2D eigenvalue weighted by Crippen LogP contribution is -2.18. The molecule has 2 aromatic carbocycles. The first kappa shape index (κ1) is 18.5. The summed E-state index contributed by atoms with van der Waals surface area (Å²) in [6.07, 6.45) is 1.54. The maximum atomic E-state index is 14.0. The lowest BCUT2D eigenvalue weighted by atomic mass is 9.88.